The highest BCUT2D eigenvalue weighted by molar-refractivity contribution is 5.85. The van der Waals surface area contributed by atoms with Crippen molar-refractivity contribution in [2.45, 2.75) is 12.5 Å². The Morgan fingerprint density at radius 1 is 1.06 bits per heavy atom. The molecule has 0 aliphatic carbocycles. The third-order valence-electron chi connectivity index (χ3n) is 3.34. The highest BCUT2D eigenvalue weighted by Gasteiger charge is 2.32. The van der Waals surface area contributed by atoms with E-state index in [1.54, 1.807) is 0 Å². The van der Waals surface area contributed by atoms with E-state index in [0.717, 1.165) is 6.04 Å². The van der Waals surface area contributed by atoms with Gasteiger partial charge in [-0.15, -0.1) is 24.8 Å². The number of fused-ring (bicyclic) bond motifs is 2. The monoisotopic (exact) mass is 261 g/mol. The Morgan fingerprint density at radius 2 is 1.81 bits per heavy atom. The summed E-state index contributed by atoms with van der Waals surface area (Å²) in [6, 6.07) is 4.98. The number of pyridine rings is 1. The molecule has 2 saturated heterocycles. The number of rotatable bonds is 1. The van der Waals surface area contributed by atoms with E-state index in [1.165, 1.54) is 38.3 Å². The summed E-state index contributed by atoms with van der Waals surface area (Å²) >= 11 is 0. The zero-order valence-electron chi connectivity index (χ0n) is 9.08. The Balaban J connectivity index is 0.000000640. The van der Waals surface area contributed by atoms with Gasteiger partial charge in [0.05, 0.1) is 0 Å². The van der Waals surface area contributed by atoms with Crippen molar-refractivity contribution in [1.82, 2.24) is 9.88 Å². The minimum absolute atomic E-state index is 0. The Labute approximate surface area is 109 Å². The van der Waals surface area contributed by atoms with Gasteiger partial charge in [0.15, 0.2) is 0 Å². The van der Waals surface area contributed by atoms with Crippen LogP contribution in [0.1, 0.15) is 6.42 Å². The number of piperazine rings is 1. The van der Waals surface area contributed by atoms with Gasteiger partial charge < -0.3 is 4.90 Å². The first-order valence-electron chi connectivity index (χ1n) is 5.32. The molecule has 0 N–H and O–H groups in total. The predicted molar refractivity (Wildman–Crippen MR) is 70.9 cm³/mol. The van der Waals surface area contributed by atoms with Crippen molar-refractivity contribution in [3.63, 3.8) is 0 Å². The van der Waals surface area contributed by atoms with E-state index in [4.69, 9.17) is 0 Å². The summed E-state index contributed by atoms with van der Waals surface area (Å²) in [4.78, 5) is 9.16. The van der Waals surface area contributed by atoms with Gasteiger partial charge in [-0.25, -0.2) is 0 Å². The molecule has 1 aromatic heterocycles. The topological polar surface area (TPSA) is 19.4 Å². The van der Waals surface area contributed by atoms with Gasteiger partial charge in [-0.3, -0.25) is 9.88 Å². The number of hydrogen-bond donors (Lipinski definition) is 0. The van der Waals surface area contributed by atoms with Crippen molar-refractivity contribution in [3.8, 4) is 0 Å². The predicted octanol–water partition coefficient (Wildman–Crippen LogP) is 1.82. The van der Waals surface area contributed by atoms with Gasteiger partial charge in [-0.1, -0.05) is 0 Å². The second kappa shape index (κ2) is 5.71. The van der Waals surface area contributed by atoms with Crippen LogP contribution in [0.4, 0.5) is 5.69 Å². The van der Waals surface area contributed by atoms with Gasteiger partial charge in [0, 0.05) is 50.3 Å². The van der Waals surface area contributed by atoms with Crippen LogP contribution in [0.25, 0.3) is 0 Å². The molecule has 2 fully saturated rings. The Morgan fingerprint density at radius 3 is 2.56 bits per heavy atom. The molecule has 2 bridgehead atoms. The normalized spacial score (nSPS) is 26.9. The maximum Gasteiger partial charge on any atom is 0.0429 e. The van der Waals surface area contributed by atoms with Crippen molar-refractivity contribution in [3.05, 3.63) is 24.5 Å². The molecule has 2 unspecified atom stereocenters. The maximum absolute atomic E-state index is 4.06. The fourth-order valence-corrected chi connectivity index (χ4v) is 2.58. The first-order valence-corrected chi connectivity index (χ1v) is 5.32. The summed E-state index contributed by atoms with van der Waals surface area (Å²) in [5.74, 6) is 0. The number of anilines is 1. The lowest BCUT2D eigenvalue weighted by molar-refractivity contribution is 0.311. The summed E-state index contributed by atoms with van der Waals surface area (Å²) in [7, 11) is 0. The van der Waals surface area contributed by atoms with Crippen LogP contribution in [-0.4, -0.2) is 42.1 Å². The zero-order valence-corrected chi connectivity index (χ0v) is 10.7. The second-order valence-electron chi connectivity index (χ2n) is 4.14. The first-order chi connectivity index (χ1) is 6.93. The molecule has 5 heteroatoms. The summed E-state index contributed by atoms with van der Waals surface area (Å²) in [6.07, 6.45) is 5.09. The Bertz CT molecular complexity index is 320. The molecule has 2 aliphatic rings. The average Bonchev–Trinajstić information content (AvgIpc) is 2.62. The molecule has 0 amide bonds. The highest BCUT2D eigenvalue weighted by Crippen LogP contribution is 2.25. The molecule has 3 heterocycles. The molecule has 1 aromatic rings. The van der Waals surface area contributed by atoms with Crippen LogP contribution in [0.2, 0.25) is 0 Å². The second-order valence-corrected chi connectivity index (χ2v) is 4.14. The van der Waals surface area contributed by atoms with E-state index in [2.05, 4.69) is 26.9 Å². The fourth-order valence-electron chi connectivity index (χ4n) is 2.58. The molecule has 90 valence electrons. The number of nitrogens with zero attached hydrogens (tertiary/aromatic N) is 3. The van der Waals surface area contributed by atoms with E-state index in [0.29, 0.717) is 0 Å². The average molecular weight is 262 g/mol. The van der Waals surface area contributed by atoms with Crippen LogP contribution in [0, 0.1) is 0 Å². The van der Waals surface area contributed by atoms with Crippen molar-refractivity contribution < 1.29 is 0 Å². The summed E-state index contributed by atoms with van der Waals surface area (Å²) in [5, 5.41) is 0. The summed E-state index contributed by atoms with van der Waals surface area (Å²) < 4.78 is 0. The van der Waals surface area contributed by atoms with Gasteiger partial charge in [0.2, 0.25) is 0 Å². The number of hydrogen-bond acceptors (Lipinski definition) is 3. The van der Waals surface area contributed by atoms with Crippen molar-refractivity contribution in [2.24, 2.45) is 0 Å². The minimum Gasteiger partial charge on any atom is -0.366 e. The molecule has 0 radical (unpaired) electrons. The van der Waals surface area contributed by atoms with E-state index >= 15 is 0 Å². The number of aromatic nitrogens is 1. The first kappa shape index (κ1) is 13.6. The lowest BCUT2D eigenvalue weighted by Crippen LogP contribution is -2.46. The Hall–Kier alpha value is -0.510. The third kappa shape index (κ3) is 2.42. The smallest absolute Gasteiger partial charge is 0.0429 e. The molecule has 16 heavy (non-hydrogen) atoms. The minimum atomic E-state index is 0. The van der Waals surface area contributed by atoms with Crippen LogP contribution in [0.5, 0.6) is 0 Å². The molecule has 3 nitrogen and oxygen atoms in total. The molecule has 0 aromatic carbocycles. The van der Waals surface area contributed by atoms with Gasteiger partial charge in [-0.2, -0.15) is 0 Å². The molecule has 3 rings (SSSR count). The highest BCUT2D eigenvalue weighted by atomic mass is 35.5. The molecule has 2 aliphatic heterocycles. The van der Waals surface area contributed by atoms with Crippen molar-refractivity contribution in [1.29, 1.82) is 0 Å². The van der Waals surface area contributed by atoms with Crippen LogP contribution >= 0.6 is 24.8 Å². The Kier molecular flexibility index (Phi) is 4.84. The van der Waals surface area contributed by atoms with Gasteiger partial charge in [-0.05, 0) is 18.6 Å². The number of halogens is 2. The lowest BCUT2D eigenvalue weighted by Gasteiger charge is -2.36. The zero-order chi connectivity index (χ0) is 9.38. The maximum atomic E-state index is 4.06. The van der Waals surface area contributed by atoms with Gasteiger partial charge in [0.25, 0.3) is 0 Å². The van der Waals surface area contributed by atoms with Gasteiger partial charge >= 0.3 is 0 Å². The van der Waals surface area contributed by atoms with Crippen LogP contribution < -0.4 is 4.90 Å². The molecule has 0 saturated carbocycles. The van der Waals surface area contributed by atoms with E-state index in [1.807, 2.05) is 12.4 Å². The molecular formula is C11H17Cl2N3. The molecular weight excluding hydrogens is 245 g/mol. The lowest BCUT2D eigenvalue weighted by atomic mass is 10.2. The van der Waals surface area contributed by atoms with Crippen LogP contribution in [0.15, 0.2) is 24.5 Å². The van der Waals surface area contributed by atoms with Crippen LogP contribution in [0.3, 0.4) is 0 Å². The van der Waals surface area contributed by atoms with Crippen LogP contribution in [-0.2, 0) is 0 Å². The largest absolute Gasteiger partial charge is 0.366 e. The standard InChI is InChI=1S/C11H15N3.2ClH/c1-4-12-5-2-10(1)14-8-7-13-6-3-11(14)9-13;;/h1-2,4-5,11H,3,6-9H2;2*1H. The molecule has 2 atom stereocenters. The fraction of sp³-hybridized carbons (Fsp3) is 0.545. The quantitative estimate of drug-likeness (QED) is 0.769. The molecule has 0 spiro atoms. The van der Waals surface area contributed by atoms with E-state index in [-0.39, 0.29) is 24.8 Å². The third-order valence-corrected chi connectivity index (χ3v) is 3.34. The van der Waals surface area contributed by atoms with Crippen molar-refractivity contribution in [2.75, 3.05) is 31.1 Å². The SMILES string of the molecule is Cl.Cl.c1cc(N2CCN3CCC2C3)ccn1. The van der Waals surface area contributed by atoms with E-state index in [9.17, 15) is 0 Å². The van der Waals surface area contributed by atoms with Crippen molar-refractivity contribution >= 4 is 30.5 Å². The van der Waals surface area contributed by atoms with Gasteiger partial charge in [0.1, 0.15) is 0 Å². The summed E-state index contributed by atoms with van der Waals surface area (Å²) in [5.41, 5.74) is 1.34. The van der Waals surface area contributed by atoms with E-state index < -0.39 is 0 Å². The summed E-state index contributed by atoms with van der Waals surface area (Å²) in [6.45, 7) is 4.93.